The predicted octanol–water partition coefficient (Wildman–Crippen LogP) is 2.22. The monoisotopic (exact) mass is 444 g/mol. The highest BCUT2D eigenvalue weighted by molar-refractivity contribution is 9.10. The van der Waals surface area contributed by atoms with Crippen molar-refractivity contribution in [3.05, 3.63) is 58.8 Å². The van der Waals surface area contributed by atoms with E-state index in [4.69, 9.17) is 4.42 Å². The number of piperazine rings is 1. The number of aromatic nitrogens is 2. The molecule has 1 aliphatic heterocycles. The molecule has 8 nitrogen and oxygen atoms in total. The van der Waals surface area contributed by atoms with E-state index in [1.807, 2.05) is 33.8 Å². The van der Waals surface area contributed by atoms with Gasteiger partial charge in [-0.15, -0.1) is 0 Å². The van der Waals surface area contributed by atoms with E-state index in [9.17, 15) is 4.79 Å². The van der Waals surface area contributed by atoms with Crippen molar-refractivity contribution in [2.45, 2.75) is 6.54 Å². The van der Waals surface area contributed by atoms with Gasteiger partial charge in [0.2, 0.25) is 0 Å². The Morgan fingerprint density at radius 3 is 2.71 bits per heavy atom. The van der Waals surface area contributed by atoms with Gasteiger partial charge in [-0.1, -0.05) is 0 Å². The van der Waals surface area contributed by atoms with Crippen molar-refractivity contribution >= 4 is 33.4 Å². The summed E-state index contributed by atoms with van der Waals surface area (Å²) in [6.45, 7) is 3.26. The summed E-state index contributed by atoms with van der Waals surface area (Å²) in [5.74, 6) is 1.13. The Morgan fingerprint density at radius 1 is 1.21 bits per heavy atom. The molecule has 3 aromatic heterocycles. The van der Waals surface area contributed by atoms with Crippen molar-refractivity contribution in [1.82, 2.24) is 24.5 Å². The molecule has 0 aliphatic carbocycles. The second-order valence-electron chi connectivity index (χ2n) is 6.50. The summed E-state index contributed by atoms with van der Waals surface area (Å²) in [6, 6.07) is 7.37. The number of carbonyl (C=O) groups is 1. The number of nitrogens with one attached hydrogen (secondary N) is 1. The summed E-state index contributed by atoms with van der Waals surface area (Å²) in [5, 5.41) is 3.37. The number of pyridine rings is 1. The first kappa shape index (κ1) is 18.5. The zero-order valence-corrected chi connectivity index (χ0v) is 17.1. The molecule has 3 aromatic rings. The van der Waals surface area contributed by atoms with Crippen LogP contribution in [0.4, 0.5) is 0 Å². The Hall–Kier alpha value is -2.81. The lowest BCUT2D eigenvalue weighted by Crippen LogP contribution is -2.53. The molecule has 1 saturated heterocycles. The molecule has 4 heterocycles. The third-order valence-corrected chi connectivity index (χ3v) is 5.17. The Kier molecular flexibility index (Phi) is 5.34. The summed E-state index contributed by atoms with van der Waals surface area (Å²) in [6.07, 6.45) is 5.50. The molecule has 9 heteroatoms. The van der Waals surface area contributed by atoms with Gasteiger partial charge in [-0.3, -0.25) is 9.79 Å². The van der Waals surface area contributed by atoms with E-state index in [1.54, 1.807) is 19.2 Å². The van der Waals surface area contributed by atoms with Gasteiger partial charge in [0.15, 0.2) is 11.7 Å². The number of imidazole rings is 1. The minimum atomic E-state index is -0.0662. The number of amides is 1. The van der Waals surface area contributed by atoms with E-state index in [-0.39, 0.29) is 5.91 Å². The lowest BCUT2D eigenvalue weighted by molar-refractivity contribution is 0.0657. The van der Waals surface area contributed by atoms with Crippen molar-refractivity contribution in [1.29, 1.82) is 0 Å². The maximum Gasteiger partial charge on any atom is 0.289 e. The fourth-order valence-corrected chi connectivity index (χ4v) is 3.63. The van der Waals surface area contributed by atoms with Crippen LogP contribution in [0.15, 0.2) is 56.8 Å². The molecule has 0 spiro atoms. The summed E-state index contributed by atoms with van der Waals surface area (Å²) < 4.78 is 8.21. The summed E-state index contributed by atoms with van der Waals surface area (Å²) in [5.41, 5.74) is 1.84. The number of hydrogen-bond acceptors (Lipinski definition) is 4. The summed E-state index contributed by atoms with van der Waals surface area (Å²) >= 11 is 3.47. The lowest BCUT2D eigenvalue weighted by Gasteiger charge is -2.36. The fourth-order valence-electron chi connectivity index (χ4n) is 3.28. The molecule has 28 heavy (non-hydrogen) atoms. The van der Waals surface area contributed by atoms with Crippen LogP contribution < -0.4 is 5.32 Å². The molecule has 1 N–H and O–H groups in total. The van der Waals surface area contributed by atoms with Crippen molar-refractivity contribution in [3.8, 4) is 0 Å². The van der Waals surface area contributed by atoms with E-state index in [0.717, 1.165) is 21.8 Å². The van der Waals surface area contributed by atoms with Crippen LogP contribution in [-0.2, 0) is 6.54 Å². The van der Waals surface area contributed by atoms with Crippen LogP contribution in [-0.4, -0.2) is 64.3 Å². The number of guanidine groups is 1. The third kappa shape index (κ3) is 3.89. The molecule has 0 atom stereocenters. The van der Waals surface area contributed by atoms with Crippen LogP contribution in [0.3, 0.4) is 0 Å². The lowest BCUT2D eigenvalue weighted by atomic mass is 10.3. The van der Waals surface area contributed by atoms with Crippen LogP contribution in [0.1, 0.15) is 16.2 Å². The van der Waals surface area contributed by atoms with Crippen LogP contribution in [0.2, 0.25) is 0 Å². The highest BCUT2D eigenvalue weighted by Gasteiger charge is 2.25. The minimum Gasteiger partial charge on any atom is -0.459 e. The highest BCUT2D eigenvalue weighted by atomic mass is 79.9. The Morgan fingerprint density at radius 2 is 2.00 bits per heavy atom. The highest BCUT2D eigenvalue weighted by Crippen LogP contribution is 2.13. The zero-order valence-electron chi connectivity index (χ0n) is 15.5. The van der Waals surface area contributed by atoms with E-state index < -0.39 is 0 Å². The maximum atomic E-state index is 12.4. The number of carbonyl (C=O) groups excluding carboxylic acids is 1. The van der Waals surface area contributed by atoms with Gasteiger partial charge in [0.25, 0.3) is 5.91 Å². The van der Waals surface area contributed by atoms with Gasteiger partial charge in [-0.2, -0.15) is 0 Å². The Bertz CT molecular complexity index is 989. The van der Waals surface area contributed by atoms with Gasteiger partial charge >= 0.3 is 0 Å². The average Bonchev–Trinajstić information content (AvgIpc) is 3.38. The second-order valence-corrected chi connectivity index (χ2v) is 7.42. The topological polar surface area (TPSA) is 78.4 Å². The molecule has 0 unspecified atom stereocenters. The maximum absolute atomic E-state index is 12.4. The number of rotatable bonds is 3. The van der Waals surface area contributed by atoms with E-state index >= 15 is 0 Å². The standard InChI is InChI=1S/C19H21BrN6O2/c1-21-19(22-11-15-13-26-12-14(20)4-5-17(26)23-15)25-8-6-24(7-9-25)18(27)16-3-2-10-28-16/h2-5,10,12-13H,6-9,11H2,1H3,(H,21,22). The smallest absolute Gasteiger partial charge is 0.289 e. The van der Waals surface area contributed by atoms with Crippen molar-refractivity contribution < 1.29 is 9.21 Å². The molecule has 0 saturated carbocycles. The van der Waals surface area contributed by atoms with Crippen LogP contribution in [0, 0.1) is 0 Å². The normalized spacial score (nSPS) is 15.3. The number of fused-ring (bicyclic) bond motifs is 1. The van der Waals surface area contributed by atoms with E-state index in [1.165, 1.54) is 6.26 Å². The minimum absolute atomic E-state index is 0.0662. The third-order valence-electron chi connectivity index (χ3n) is 4.70. The van der Waals surface area contributed by atoms with Gasteiger partial charge in [0.1, 0.15) is 5.65 Å². The van der Waals surface area contributed by atoms with Crippen molar-refractivity contribution in [2.24, 2.45) is 4.99 Å². The number of nitrogens with zero attached hydrogens (tertiary/aromatic N) is 5. The number of furan rings is 1. The molecule has 1 aliphatic rings. The molecule has 4 rings (SSSR count). The second kappa shape index (κ2) is 8.05. The van der Waals surface area contributed by atoms with Crippen molar-refractivity contribution in [3.63, 3.8) is 0 Å². The van der Waals surface area contributed by atoms with E-state index in [0.29, 0.717) is 38.5 Å². The van der Waals surface area contributed by atoms with Crippen LogP contribution in [0.25, 0.3) is 5.65 Å². The number of aliphatic imine (C=N–C) groups is 1. The fraction of sp³-hybridized carbons (Fsp3) is 0.316. The van der Waals surface area contributed by atoms with Gasteiger partial charge in [0, 0.05) is 50.1 Å². The molecule has 0 radical (unpaired) electrons. The van der Waals surface area contributed by atoms with Crippen molar-refractivity contribution in [2.75, 3.05) is 33.2 Å². The van der Waals surface area contributed by atoms with Gasteiger partial charge < -0.3 is 23.9 Å². The Labute approximate surface area is 171 Å². The molecular formula is C19H21BrN6O2. The predicted molar refractivity (Wildman–Crippen MR) is 109 cm³/mol. The molecule has 1 amide bonds. The molecular weight excluding hydrogens is 424 g/mol. The average molecular weight is 445 g/mol. The largest absolute Gasteiger partial charge is 0.459 e. The molecule has 1 fully saturated rings. The number of halogens is 1. The van der Waals surface area contributed by atoms with Gasteiger partial charge in [0.05, 0.1) is 18.5 Å². The first-order valence-electron chi connectivity index (χ1n) is 9.05. The molecule has 0 aromatic carbocycles. The van der Waals surface area contributed by atoms with Gasteiger partial charge in [-0.05, 0) is 40.2 Å². The summed E-state index contributed by atoms with van der Waals surface area (Å²) in [4.78, 5) is 25.3. The molecule has 0 bridgehead atoms. The quantitative estimate of drug-likeness (QED) is 0.494. The van der Waals surface area contributed by atoms with Crippen LogP contribution >= 0.6 is 15.9 Å². The Balaban J connectivity index is 1.34. The summed E-state index contributed by atoms with van der Waals surface area (Å²) in [7, 11) is 1.77. The molecule has 146 valence electrons. The first-order valence-corrected chi connectivity index (χ1v) is 9.85. The van der Waals surface area contributed by atoms with E-state index in [2.05, 4.69) is 36.1 Å². The SMILES string of the molecule is CN=C(NCc1cn2cc(Br)ccc2n1)N1CCN(C(=O)c2ccco2)CC1. The number of hydrogen-bond donors (Lipinski definition) is 1. The zero-order chi connectivity index (χ0) is 19.5. The van der Waals surface area contributed by atoms with Crippen LogP contribution in [0.5, 0.6) is 0 Å². The first-order chi connectivity index (χ1) is 13.6. The van der Waals surface area contributed by atoms with Gasteiger partial charge in [-0.25, -0.2) is 4.98 Å².